The number of nitrogens with zero attached hydrogens (tertiary/aromatic N) is 3. The van der Waals surface area contributed by atoms with Crippen molar-refractivity contribution in [1.82, 2.24) is 9.55 Å². The average molecular weight is 165 g/mol. The van der Waals surface area contributed by atoms with Gasteiger partial charge >= 0.3 is 0 Å². The molecule has 1 N–H and O–H groups in total. The Balaban J connectivity index is 2.71. The molecule has 0 aliphatic rings. The standard InChI is InChI=1S/C8H11N3O/c1-7(12)6-11-5-4-10-8(11)2-3-9/h4-5,7,12H,2,6H2,1H3. The monoisotopic (exact) mass is 165 g/mol. The van der Waals surface area contributed by atoms with Crippen LogP contribution in [0.2, 0.25) is 0 Å². The van der Waals surface area contributed by atoms with E-state index in [4.69, 9.17) is 10.4 Å². The van der Waals surface area contributed by atoms with E-state index in [0.29, 0.717) is 18.8 Å². The van der Waals surface area contributed by atoms with E-state index in [1.54, 1.807) is 23.9 Å². The van der Waals surface area contributed by atoms with E-state index >= 15 is 0 Å². The predicted octanol–water partition coefficient (Wildman–Crippen LogP) is 0.330. The van der Waals surface area contributed by atoms with Gasteiger partial charge in [-0.3, -0.25) is 0 Å². The molecule has 0 radical (unpaired) electrons. The molecule has 0 fully saturated rings. The smallest absolute Gasteiger partial charge is 0.122 e. The number of aliphatic hydroxyl groups excluding tert-OH is 1. The SMILES string of the molecule is CC(O)Cn1ccnc1CC#N. The first kappa shape index (κ1) is 8.75. The molecule has 0 amide bonds. The third-order valence-corrected chi connectivity index (χ3v) is 1.50. The molecule has 1 aromatic rings. The maximum Gasteiger partial charge on any atom is 0.122 e. The summed E-state index contributed by atoms with van der Waals surface area (Å²) in [4.78, 5) is 3.99. The Morgan fingerprint density at radius 3 is 3.17 bits per heavy atom. The van der Waals surface area contributed by atoms with Crippen molar-refractivity contribution >= 4 is 0 Å². The van der Waals surface area contributed by atoms with Gasteiger partial charge in [-0.2, -0.15) is 5.26 Å². The summed E-state index contributed by atoms with van der Waals surface area (Å²) in [6.45, 7) is 2.20. The molecule has 1 aromatic heterocycles. The number of aromatic nitrogens is 2. The van der Waals surface area contributed by atoms with Crippen LogP contribution in [0.3, 0.4) is 0 Å². The number of hydrogen-bond acceptors (Lipinski definition) is 3. The van der Waals surface area contributed by atoms with Crippen LogP contribution < -0.4 is 0 Å². The second-order valence-electron chi connectivity index (χ2n) is 2.68. The van der Waals surface area contributed by atoms with E-state index in [9.17, 15) is 0 Å². The first-order valence-electron chi connectivity index (χ1n) is 3.79. The van der Waals surface area contributed by atoms with Crippen molar-refractivity contribution in [3.05, 3.63) is 18.2 Å². The van der Waals surface area contributed by atoms with Crippen LogP contribution >= 0.6 is 0 Å². The van der Waals surface area contributed by atoms with Gasteiger partial charge in [-0.25, -0.2) is 4.98 Å². The molecule has 64 valence electrons. The molecular weight excluding hydrogens is 154 g/mol. The largest absolute Gasteiger partial charge is 0.392 e. The van der Waals surface area contributed by atoms with Crippen LogP contribution in [0.15, 0.2) is 12.4 Å². The molecule has 0 saturated heterocycles. The van der Waals surface area contributed by atoms with Crippen molar-refractivity contribution in [2.75, 3.05) is 0 Å². The highest BCUT2D eigenvalue weighted by atomic mass is 16.3. The fourth-order valence-corrected chi connectivity index (χ4v) is 1.03. The maximum atomic E-state index is 9.09. The quantitative estimate of drug-likeness (QED) is 0.702. The molecule has 1 heterocycles. The maximum absolute atomic E-state index is 9.09. The zero-order valence-corrected chi connectivity index (χ0v) is 6.94. The summed E-state index contributed by atoms with van der Waals surface area (Å²) in [5.74, 6) is 0.707. The van der Waals surface area contributed by atoms with Crippen LogP contribution in [-0.4, -0.2) is 20.8 Å². The zero-order chi connectivity index (χ0) is 8.97. The van der Waals surface area contributed by atoms with Crippen molar-refractivity contribution < 1.29 is 5.11 Å². The summed E-state index contributed by atoms with van der Waals surface area (Å²) in [5.41, 5.74) is 0. The highest BCUT2D eigenvalue weighted by Gasteiger charge is 2.03. The van der Waals surface area contributed by atoms with Gasteiger partial charge in [0, 0.05) is 18.9 Å². The summed E-state index contributed by atoms with van der Waals surface area (Å²) >= 11 is 0. The minimum atomic E-state index is -0.406. The lowest BCUT2D eigenvalue weighted by Crippen LogP contribution is -2.13. The van der Waals surface area contributed by atoms with Crippen LogP contribution in [-0.2, 0) is 13.0 Å². The fourth-order valence-electron chi connectivity index (χ4n) is 1.03. The second-order valence-corrected chi connectivity index (χ2v) is 2.68. The van der Waals surface area contributed by atoms with E-state index in [0.717, 1.165) is 0 Å². The van der Waals surface area contributed by atoms with Crippen LogP contribution in [0, 0.1) is 11.3 Å². The molecule has 4 heteroatoms. The van der Waals surface area contributed by atoms with E-state index < -0.39 is 6.10 Å². The highest BCUT2D eigenvalue weighted by Crippen LogP contribution is 1.99. The Morgan fingerprint density at radius 1 is 1.83 bits per heavy atom. The number of nitriles is 1. The summed E-state index contributed by atoms with van der Waals surface area (Å²) in [6, 6.07) is 2.02. The Bertz CT molecular complexity index is 285. The zero-order valence-electron chi connectivity index (χ0n) is 6.94. The van der Waals surface area contributed by atoms with Gasteiger partial charge in [0.25, 0.3) is 0 Å². The molecule has 0 aliphatic heterocycles. The third-order valence-electron chi connectivity index (χ3n) is 1.50. The number of imidazole rings is 1. The summed E-state index contributed by atoms with van der Waals surface area (Å²) in [7, 11) is 0. The lowest BCUT2D eigenvalue weighted by Gasteiger charge is -2.06. The van der Waals surface area contributed by atoms with Gasteiger partial charge < -0.3 is 9.67 Å². The van der Waals surface area contributed by atoms with Gasteiger partial charge in [0.05, 0.1) is 18.6 Å². The summed E-state index contributed by atoms with van der Waals surface area (Å²) in [5, 5.41) is 17.5. The molecule has 0 aliphatic carbocycles. The van der Waals surface area contributed by atoms with Gasteiger partial charge in [-0.15, -0.1) is 0 Å². The third kappa shape index (κ3) is 2.07. The van der Waals surface area contributed by atoms with E-state index in [-0.39, 0.29) is 0 Å². The average Bonchev–Trinajstić information content (AvgIpc) is 2.37. The van der Waals surface area contributed by atoms with Crippen LogP contribution in [0.5, 0.6) is 0 Å². The topological polar surface area (TPSA) is 61.8 Å². The molecule has 4 nitrogen and oxygen atoms in total. The van der Waals surface area contributed by atoms with Crippen molar-refractivity contribution in [1.29, 1.82) is 5.26 Å². The molecule has 1 rings (SSSR count). The van der Waals surface area contributed by atoms with E-state index in [1.165, 1.54) is 0 Å². The molecule has 12 heavy (non-hydrogen) atoms. The van der Waals surface area contributed by atoms with E-state index in [2.05, 4.69) is 4.98 Å². The fraction of sp³-hybridized carbons (Fsp3) is 0.500. The summed E-state index contributed by atoms with van der Waals surface area (Å²) in [6.07, 6.45) is 3.28. The van der Waals surface area contributed by atoms with Gasteiger partial charge in [0.15, 0.2) is 0 Å². The normalized spacial score (nSPS) is 12.4. The molecule has 0 bridgehead atoms. The number of rotatable bonds is 3. The highest BCUT2D eigenvalue weighted by molar-refractivity contribution is 4.99. The van der Waals surface area contributed by atoms with Crippen LogP contribution in [0.25, 0.3) is 0 Å². The second kappa shape index (κ2) is 3.88. The van der Waals surface area contributed by atoms with Gasteiger partial charge in [0.2, 0.25) is 0 Å². The first-order valence-corrected chi connectivity index (χ1v) is 3.79. The number of hydrogen-bond donors (Lipinski definition) is 1. The van der Waals surface area contributed by atoms with Crippen molar-refractivity contribution in [2.45, 2.75) is 26.0 Å². The first-order chi connectivity index (χ1) is 5.74. The van der Waals surface area contributed by atoms with Crippen molar-refractivity contribution in [3.8, 4) is 6.07 Å². The Morgan fingerprint density at radius 2 is 2.58 bits per heavy atom. The molecule has 1 unspecified atom stereocenters. The molecule has 1 atom stereocenters. The Hall–Kier alpha value is -1.34. The lowest BCUT2D eigenvalue weighted by molar-refractivity contribution is 0.172. The lowest BCUT2D eigenvalue weighted by atomic mass is 10.4. The minimum Gasteiger partial charge on any atom is -0.392 e. The van der Waals surface area contributed by atoms with Crippen molar-refractivity contribution in [3.63, 3.8) is 0 Å². The minimum absolute atomic E-state index is 0.291. The number of aliphatic hydroxyl groups is 1. The van der Waals surface area contributed by atoms with Crippen LogP contribution in [0.4, 0.5) is 0 Å². The summed E-state index contributed by atoms with van der Waals surface area (Å²) < 4.78 is 1.79. The molecule has 0 aromatic carbocycles. The Kier molecular flexibility index (Phi) is 2.83. The molecule has 0 saturated carbocycles. The van der Waals surface area contributed by atoms with Gasteiger partial charge in [-0.05, 0) is 6.92 Å². The molecule has 0 spiro atoms. The van der Waals surface area contributed by atoms with Gasteiger partial charge in [-0.1, -0.05) is 0 Å². The van der Waals surface area contributed by atoms with Crippen LogP contribution in [0.1, 0.15) is 12.7 Å². The van der Waals surface area contributed by atoms with Crippen molar-refractivity contribution in [2.24, 2.45) is 0 Å². The van der Waals surface area contributed by atoms with E-state index in [1.807, 2.05) is 6.07 Å². The molecular formula is C8H11N3O. The Labute approximate surface area is 71.1 Å². The van der Waals surface area contributed by atoms with Gasteiger partial charge in [0.1, 0.15) is 5.82 Å². The predicted molar refractivity (Wildman–Crippen MR) is 43.2 cm³/mol.